The number of hydrogen-bond acceptors (Lipinski definition) is 3. The van der Waals surface area contributed by atoms with Crippen LogP contribution in [-0.4, -0.2) is 85.5 Å². The molecule has 0 aromatic carbocycles. The first-order valence-electron chi connectivity index (χ1n) is 10.3. The summed E-state index contributed by atoms with van der Waals surface area (Å²) in [6.45, 7) is 15.5. The molecule has 1 atom stereocenters. The minimum absolute atomic E-state index is 0.00277. The van der Waals surface area contributed by atoms with Crippen molar-refractivity contribution >= 4 is 11.9 Å². The average Bonchev–Trinajstić information content (AvgIpc) is 3.14. The van der Waals surface area contributed by atoms with Crippen molar-refractivity contribution in [3.05, 3.63) is 0 Å². The topological polar surface area (TPSA) is 51.2 Å². The van der Waals surface area contributed by atoms with E-state index in [2.05, 4.69) is 47.8 Å². The van der Waals surface area contributed by atoms with Crippen LogP contribution in [0.4, 0.5) is 0 Å². The molecule has 2 saturated heterocycles. The third-order valence-corrected chi connectivity index (χ3v) is 5.54. The summed E-state index contributed by atoms with van der Waals surface area (Å²) in [6, 6.07) is -0.00277. The van der Waals surface area contributed by atoms with E-state index >= 15 is 0 Å². The summed E-state index contributed by atoms with van der Waals surface area (Å²) in [5.74, 6) is 1.30. The molecule has 0 saturated carbocycles. The Labute approximate surface area is 160 Å². The molecule has 0 aromatic heterocycles. The molecule has 0 bridgehead atoms. The van der Waals surface area contributed by atoms with Gasteiger partial charge in [0.1, 0.15) is 0 Å². The summed E-state index contributed by atoms with van der Waals surface area (Å²) in [6.07, 6.45) is 4.68. The molecule has 0 aromatic rings. The molecule has 26 heavy (non-hydrogen) atoms. The van der Waals surface area contributed by atoms with Gasteiger partial charge in [-0.3, -0.25) is 14.7 Å². The number of piperazine rings is 1. The largest absolute Gasteiger partial charge is 0.356 e. The number of rotatable bonds is 5. The van der Waals surface area contributed by atoms with Crippen molar-refractivity contribution < 1.29 is 4.79 Å². The Morgan fingerprint density at radius 3 is 2.19 bits per heavy atom. The van der Waals surface area contributed by atoms with E-state index in [0.717, 1.165) is 71.0 Å². The highest BCUT2D eigenvalue weighted by molar-refractivity contribution is 5.82. The fraction of sp³-hybridized carbons (Fsp3) is 0.900. The van der Waals surface area contributed by atoms with Crippen LogP contribution in [0.3, 0.4) is 0 Å². The molecule has 0 radical (unpaired) electrons. The first-order chi connectivity index (χ1) is 12.3. The number of likely N-dealkylation sites (tertiary alicyclic amines) is 1. The first-order valence-corrected chi connectivity index (χ1v) is 10.3. The molecule has 1 N–H and O–H groups in total. The van der Waals surface area contributed by atoms with Crippen LogP contribution in [0.1, 0.15) is 53.4 Å². The summed E-state index contributed by atoms with van der Waals surface area (Å²) >= 11 is 0. The summed E-state index contributed by atoms with van der Waals surface area (Å²) in [4.78, 5) is 23.7. The van der Waals surface area contributed by atoms with E-state index in [4.69, 9.17) is 0 Å². The van der Waals surface area contributed by atoms with Crippen molar-refractivity contribution in [1.29, 1.82) is 0 Å². The van der Waals surface area contributed by atoms with Crippen LogP contribution in [0.5, 0.6) is 0 Å². The predicted molar refractivity (Wildman–Crippen MR) is 108 cm³/mol. The molecule has 0 spiro atoms. The van der Waals surface area contributed by atoms with Crippen LogP contribution in [-0.2, 0) is 4.79 Å². The predicted octanol–water partition coefficient (Wildman–Crippen LogP) is 2.02. The molecule has 2 heterocycles. The summed E-state index contributed by atoms with van der Waals surface area (Å²) in [7, 11) is 1.86. The Bertz CT molecular complexity index is 471. The van der Waals surface area contributed by atoms with Crippen molar-refractivity contribution in [1.82, 2.24) is 20.0 Å². The SMILES string of the molecule is CN=C(NCCCC(C)(C)C)N1CCN(C(C)C(=O)N2CCCC2)CC1. The van der Waals surface area contributed by atoms with E-state index in [-0.39, 0.29) is 6.04 Å². The number of amides is 1. The number of guanidine groups is 1. The average molecular weight is 366 g/mol. The maximum atomic E-state index is 12.6. The zero-order valence-corrected chi connectivity index (χ0v) is 17.6. The van der Waals surface area contributed by atoms with Gasteiger partial charge in [0.05, 0.1) is 6.04 Å². The molecular formula is C20H39N5O. The fourth-order valence-corrected chi connectivity index (χ4v) is 3.83. The van der Waals surface area contributed by atoms with Gasteiger partial charge in [-0.25, -0.2) is 0 Å². The molecular weight excluding hydrogens is 326 g/mol. The number of carbonyl (C=O) groups excluding carboxylic acids is 1. The summed E-state index contributed by atoms with van der Waals surface area (Å²) < 4.78 is 0. The standard InChI is InChI=1S/C20H39N5O/c1-17(18(26)24-11-6-7-12-24)23-13-15-25(16-14-23)19(21-5)22-10-8-9-20(2,3)4/h17H,6-16H2,1-5H3,(H,21,22). The Morgan fingerprint density at radius 2 is 1.65 bits per heavy atom. The quantitative estimate of drug-likeness (QED) is 0.460. The van der Waals surface area contributed by atoms with Gasteiger partial charge in [-0.1, -0.05) is 20.8 Å². The van der Waals surface area contributed by atoms with Gasteiger partial charge in [0.2, 0.25) is 5.91 Å². The van der Waals surface area contributed by atoms with Gasteiger partial charge in [-0.15, -0.1) is 0 Å². The number of nitrogens with one attached hydrogen (secondary N) is 1. The Balaban J connectivity index is 1.74. The van der Waals surface area contributed by atoms with Crippen molar-refractivity contribution in [2.24, 2.45) is 10.4 Å². The molecule has 2 fully saturated rings. The zero-order valence-electron chi connectivity index (χ0n) is 17.6. The summed E-state index contributed by atoms with van der Waals surface area (Å²) in [5, 5.41) is 3.51. The van der Waals surface area contributed by atoms with E-state index in [1.54, 1.807) is 0 Å². The van der Waals surface area contributed by atoms with E-state index in [1.165, 1.54) is 6.42 Å². The molecule has 2 aliphatic rings. The molecule has 6 heteroatoms. The van der Waals surface area contributed by atoms with Crippen LogP contribution < -0.4 is 5.32 Å². The van der Waals surface area contributed by atoms with Crippen molar-refractivity contribution in [2.45, 2.75) is 59.4 Å². The van der Waals surface area contributed by atoms with Crippen molar-refractivity contribution in [2.75, 3.05) is 52.9 Å². The lowest BCUT2D eigenvalue weighted by atomic mass is 9.91. The first kappa shape index (κ1) is 21.0. The van der Waals surface area contributed by atoms with Crippen LogP contribution >= 0.6 is 0 Å². The Kier molecular flexibility index (Phi) is 7.74. The monoisotopic (exact) mass is 365 g/mol. The van der Waals surface area contributed by atoms with Crippen LogP contribution in [0.15, 0.2) is 4.99 Å². The smallest absolute Gasteiger partial charge is 0.239 e. The lowest BCUT2D eigenvalue weighted by molar-refractivity contribution is -0.135. The van der Waals surface area contributed by atoms with E-state index in [9.17, 15) is 4.79 Å². The van der Waals surface area contributed by atoms with Gasteiger partial charge in [-0.05, 0) is 38.0 Å². The molecule has 2 rings (SSSR count). The van der Waals surface area contributed by atoms with Gasteiger partial charge in [-0.2, -0.15) is 0 Å². The third-order valence-electron chi connectivity index (χ3n) is 5.54. The van der Waals surface area contributed by atoms with Crippen LogP contribution in [0.2, 0.25) is 0 Å². The second kappa shape index (κ2) is 9.58. The zero-order chi connectivity index (χ0) is 19.2. The molecule has 1 unspecified atom stereocenters. The van der Waals surface area contributed by atoms with Crippen LogP contribution in [0.25, 0.3) is 0 Å². The highest BCUT2D eigenvalue weighted by Gasteiger charge is 2.30. The van der Waals surface area contributed by atoms with Gasteiger partial charge < -0.3 is 15.1 Å². The number of nitrogens with zero attached hydrogens (tertiary/aromatic N) is 4. The molecule has 6 nitrogen and oxygen atoms in total. The van der Waals surface area contributed by atoms with Gasteiger partial charge in [0.15, 0.2) is 5.96 Å². The van der Waals surface area contributed by atoms with Gasteiger partial charge in [0.25, 0.3) is 0 Å². The highest BCUT2D eigenvalue weighted by atomic mass is 16.2. The Morgan fingerprint density at radius 1 is 1.04 bits per heavy atom. The van der Waals surface area contributed by atoms with Gasteiger partial charge >= 0.3 is 0 Å². The van der Waals surface area contributed by atoms with Crippen LogP contribution in [0, 0.1) is 5.41 Å². The highest BCUT2D eigenvalue weighted by Crippen LogP contribution is 2.20. The van der Waals surface area contributed by atoms with Crippen molar-refractivity contribution in [3.8, 4) is 0 Å². The fourth-order valence-electron chi connectivity index (χ4n) is 3.83. The second-order valence-corrected chi connectivity index (χ2v) is 8.87. The summed E-state index contributed by atoms with van der Waals surface area (Å²) in [5.41, 5.74) is 0.384. The Hall–Kier alpha value is -1.30. The second-order valence-electron chi connectivity index (χ2n) is 8.87. The number of hydrogen-bond donors (Lipinski definition) is 1. The lowest BCUT2D eigenvalue weighted by Gasteiger charge is -2.39. The molecule has 0 aliphatic carbocycles. The van der Waals surface area contributed by atoms with E-state index < -0.39 is 0 Å². The third kappa shape index (κ3) is 6.15. The lowest BCUT2D eigenvalue weighted by Crippen LogP contribution is -2.57. The van der Waals surface area contributed by atoms with E-state index in [1.807, 2.05) is 11.9 Å². The number of carbonyl (C=O) groups is 1. The molecule has 2 aliphatic heterocycles. The molecule has 1 amide bonds. The van der Waals surface area contributed by atoms with Crippen molar-refractivity contribution in [3.63, 3.8) is 0 Å². The van der Waals surface area contributed by atoms with E-state index in [0.29, 0.717) is 11.3 Å². The normalized spacial score (nSPS) is 21.2. The molecule has 150 valence electrons. The minimum atomic E-state index is -0.00277. The minimum Gasteiger partial charge on any atom is -0.356 e. The van der Waals surface area contributed by atoms with Gasteiger partial charge in [0, 0.05) is 52.9 Å². The maximum absolute atomic E-state index is 12.6. The maximum Gasteiger partial charge on any atom is 0.239 e. The number of aliphatic imine (C=N–C) groups is 1.